The van der Waals surface area contributed by atoms with Crippen molar-refractivity contribution < 1.29 is 14.4 Å². The second kappa shape index (κ2) is 25.6. The number of aromatic nitrogens is 13. The average Bonchev–Trinajstić information content (AvgIpc) is 1.64. The summed E-state index contributed by atoms with van der Waals surface area (Å²) in [7, 11) is 0. The molecule has 11 heterocycles. The molecule has 0 unspecified atom stereocenters. The number of carbonyl (C=O) groups is 3. The van der Waals surface area contributed by atoms with Crippen LogP contribution in [0.15, 0.2) is 237 Å². The summed E-state index contributed by atoms with van der Waals surface area (Å²) in [5.41, 5.74) is 19.3. The van der Waals surface area contributed by atoms with Crippen LogP contribution >= 0.6 is 0 Å². The summed E-state index contributed by atoms with van der Waals surface area (Å²) in [5, 5.41) is 30.7. The van der Waals surface area contributed by atoms with E-state index in [0.717, 1.165) is 134 Å². The summed E-state index contributed by atoms with van der Waals surface area (Å²) in [4.78, 5) is 72.2. The Labute approximate surface area is 537 Å². The molecular weight excluding hydrogens is 1170 g/mol. The lowest BCUT2D eigenvalue weighted by molar-refractivity contribution is 0.0855. The van der Waals surface area contributed by atoms with Gasteiger partial charge in [-0.25, -0.2) is 15.0 Å². The van der Waals surface area contributed by atoms with Gasteiger partial charge >= 0.3 is 0 Å². The highest BCUT2D eigenvalue weighted by molar-refractivity contribution is 6.08. The van der Waals surface area contributed by atoms with Crippen LogP contribution in [0.2, 0.25) is 0 Å². The predicted molar refractivity (Wildman–Crippen MR) is 366 cm³/mol. The number of amides is 3. The number of hydrogen-bond acceptors (Lipinski definition) is 11. The summed E-state index contributed by atoms with van der Waals surface area (Å²) >= 11 is 0. The number of benzene rings is 5. The van der Waals surface area contributed by atoms with E-state index in [4.69, 9.17) is 0 Å². The van der Waals surface area contributed by atoms with Gasteiger partial charge in [-0.15, -0.1) is 0 Å². The molecule has 458 valence electrons. The third kappa shape index (κ3) is 12.4. The molecule has 1 fully saturated rings. The maximum atomic E-state index is 13.2. The monoisotopic (exact) mass is 1230 g/mol. The normalized spacial score (nSPS) is 12.7. The minimum absolute atomic E-state index is 0.00472. The molecule has 0 radical (unpaired) electrons. The average molecular weight is 1230 g/mol. The topological polar surface area (TPSA) is 276 Å². The van der Waals surface area contributed by atoms with Crippen LogP contribution in [0.4, 0.5) is 5.69 Å². The van der Waals surface area contributed by atoms with Gasteiger partial charge in [-0.1, -0.05) is 72.8 Å². The van der Waals surface area contributed by atoms with E-state index in [1.165, 1.54) is 12.8 Å². The lowest BCUT2D eigenvalue weighted by Crippen LogP contribution is -2.35. The number of pyridine rings is 4. The van der Waals surface area contributed by atoms with Crippen LogP contribution < -0.4 is 10.6 Å². The van der Waals surface area contributed by atoms with Crippen molar-refractivity contribution in [3.05, 3.63) is 254 Å². The van der Waals surface area contributed by atoms with Gasteiger partial charge in [-0.3, -0.25) is 44.6 Å². The Hall–Kier alpha value is -12.7. The van der Waals surface area contributed by atoms with Crippen LogP contribution in [0.25, 0.3) is 111 Å². The number of anilines is 1. The molecule has 20 nitrogen and oxygen atoms in total. The standard InChI is InChI=1S/C27H22N6O.C26H18N6O.C21H19N5O/c34-27(33-11-10-28-25(33)12-18-4-2-1-3-5-18)20-8-6-19(7-9-20)21-13-23-24(22-15-31-32-16-22)17-30-26(23)29-14-21;33-26(32-21-7-8-24-18(10-21)2-1-9-27-24)17-5-3-16(4-6-17)19-11-22-23(20-13-30-31-14-20)15-29-25(22)28-12-19;27-21(24-8-13-1-2-13)15-5-3-14(4-6-15)16-7-18-19(17-10-25-26-11-17)12-23-20(18)22-9-16/h1-9,13-17H,10-12H2,(H,29,30)(H,31,32);1-15H,(H,28,29)(H,30,31)(H,32,33);3-7,9-13H,1-2,8H2,(H,22,23)(H,24,27)(H,25,26). The quantitative estimate of drug-likeness (QED) is 0.0510. The van der Waals surface area contributed by atoms with Crippen molar-refractivity contribution in [3.8, 4) is 66.8 Å². The molecule has 0 saturated heterocycles. The Morgan fingerprint density at radius 3 is 1.46 bits per heavy atom. The molecule has 3 amide bonds. The molecule has 94 heavy (non-hydrogen) atoms. The maximum absolute atomic E-state index is 13.2. The minimum atomic E-state index is -0.161. The summed E-state index contributed by atoms with van der Waals surface area (Å²) in [6.45, 7) is 2.05. The fourth-order valence-electron chi connectivity index (χ4n) is 11.6. The number of carbonyl (C=O) groups excluding carboxylic acids is 3. The fraction of sp³-hybridized carbons (Fsp3) is 0.0946. The second-order valence-electron chi connectivity index (χ2n) is 23.1. The van der Waals surface area contributed by atoms with Crippen LogP contribution in [0.3, 0.4) is 0 Å². The van der Waals surface area contributed by atoms with Crippen molar-refractivity contribution in [1.82, 2.24) is 75.7 Å². The van der Waals surface area contributed by atoms with E-state index in [2.05, 4.69) is 111 Å². The zero-order valence-electron chi connectivity index (χ0n) is 50.5. The molecule has 0 bridgehead atoms. The molecule has 1 aliphatic heterocycles. The lowest BCUT2D eigenvalue weighted by atomic mass is 10.0. The summed E-state index contributed by atoms with van der Waals surface area (Å²) in [6.07, 6.45) is 27.2. The Balaban J connectivity index is 0.000000117. The van der Waals surface area contributed by atoms with Crippen molar-refractivity contribution in [2.75, 3.05) is 25.0 Å². The van der Waals surface area contributed by atoms with Gasteiger partial charge in [-0.05, 0) is 120 Å². The van der Waals surface area contributed by atoms with Crippen LogP contribution in [-0.2, 0) is 6.42 Å². The number of amidine groups is 1. The number of rotatable bonds is 14. The van der Waals surface area contributed by atoms with E-state index in [1.807, 2.05) is 177 Å². The third-order valence-corrected chi connectivity index (χ3v) is 16.9. The number of aliphatic imine (C=N–C) groups is 1. The SMILES string of the molecule is O=C(NCC1CC1)c1ccc(-c2cnc3[nH]cc(-c4cn[nH]c4)c3c2)cc1.O=C(Nc1ccc2ncccc2c1)c1ccc(-c2cnc3[nH]cc(-c4cn[nH]c4)c3c2)cc1.O=C(c1ccc(-c2cnc3[nH]cc(-c4cn[nH]c4)c3c2)cc1)N1CCN=C1Cc1ccccc1. The van der Waals surface area contributed by atoms with Gasteiger partial charge in [0.05, 0.1) is 30.7 Å². The molecule has 20 heteroatoms. The third-order valence-electron chi connectivity index (χ3n) is 16.9. The van der Waals surface area contributed by atoms with Gasteiger partial charge in [-0.2, -0.15) is 15.3 Å². The van der Waals surface area contributed by atoms with Crippen LogP contribution in [0.1, 0.15) is 49.5 Å². The van der Waals surface area contributed by atoms with Gasteiger partial charge < -0.3 is 25.6 Å². The molecule has 10 aromatic heterocycles. The molecular formula is C74H59N17O3. The van der Waals surface area contributed by atoms with E-state index in [0.29, 0.717) is 42.1 Å². The number of H-pyrrole nitrogens is 6. The number of nitrogens with one attached hydrogen (secondary N) is 8. The van der Waals surface area contributed by atoms with E-state index >= 15 is 0 Å². The summed E-state index contributed by atoms with van der Waals surface area (Å²) < 4.78 is 0. The smallest absolute Gasteiger partial charge is 0.259 e. The number of nitrogens with zero attached hydrogens (tertiary/aromatic N) is 9. The van der Waals surface area contributed by atoms with Crippen molar-refractivity contribution in [1.29, 1.82) is 0 Å². The Morgan fingerprint density at radius 1 is 0.468 bits per heavy atom. The Bertz CT molecular complexity index is 5210. The van der Waals surface area contributed by atoms with Gasteiger partial charge in [0.2, 0.25) is 0 Å². The van der Waals surface area contributed by atoms with Crippen molar-refractivity contribution >= 4 is 73.2 Å². The van der Waals surface area contributed by atoms with Gasteiger partial charge in [0.25, 0.3) is 17.7 Å². The van der Waals surface area contributed by atoms with Gasteiger partial charge in [0, 0.05) is 175 Å². The molecule has 1 aliphatic carbocycles. The Kier molecular flexibility index (Phi) is 15.7. The predicted octanol–water partition coefficient (Wildman–Crippen LogP) is 13.9. The molecule has 8 N–H and O–H groups in total. The molecule has 2 aliphatic rings. The highest BCUT2D eigenvalue weighted by Crippen LogP contribution is 2.35. The molecule has 0 atom stereocenters. The Morgan fingerprint density at radius 2 is 0.968 bits per heavy atom. The summed E-state index contributed by atoms with van der Waals surface area (Å²) in [6, 6.07) is 48.9. The van der Waals surface area contributed by atoms with Crippen LogP contribution in [0, 0.1) is 5.92 Å². The lowest BCUT2D eigenvalue weighted by Gasteiger charge is -2.19. The maximum Gasteiger partial charge on any atom is 0.259 e. The van der Waals surface area contributed by atoms with Crippen molar-refractivity contribution in [3.63, 3.8) is 0 Å². The zero-order valence-corrected chi connectivity index (χ0v) is 50.5. The first-order chi connectivity index (χ1) is 46.3. The van der Waals surface area contributed by atoms with E-state index in [9.17, 15) is 14.4 Å². The van der Waals surface area contributed by atoms with E-state index < -0.39 is 0 Å². The molecule has 0 spiro atoms. The van der Waals surface area contributed by atoms with Crippen molar-refractivity contribution in [2.24, 2.45) is 10.9 Å². The first-order valence-corrected chi connectivity index (χ1v) is 30.8. The van der Waals surface area contributed by atoms with E-state index in [-0.39, 0.29) is 17.7 Å². The van der Waals surface area contributed by atoms with Gasteiger partial charge in [0.15, 0.2) is 0 Å². The van der Waals surface area contributed by atoms with Crippen molar-refractivity contribution in [2.45, 2.75) is 19.3 Å². The minimum Gasteiger partial charge on any atom is -0.352 e. The zero-order chi connectivity index (χ0) is 63.3. The first-order valence-electron chi connectivity index (χ1n) is 30.8. The number of fused-ring (bicyclic) bond motifs is 4. The first kappa shape index (κ1) is 57.7. The van der Waals surface area contributed by atoms with E-state index in [1.54, 1.807) is 29.7 Å². The van der Waals surface area contributed by atoms with Crippen LogP contribution in [-0.4, -0.2) is 114 Å². The second-order valence-corrected chi connectivity index (χ2v) is 23.1. The molecule has 5 aromatic carbocycles. The summed E-state index contributed by atoms with van der Waals surface area (Å²) in [5.74, 6) is 1.33. The van der Waals surface area contributed by atoms with Crippen LogP contribution in [0.5, 0.6) is 0 Å². The number of aromatic amines is 6. The molecule has 17 rings (SSSR count). The largest absolute Gasteiger partial charge is 0.352 e. The molecule has 15 aromatic rings. The highest BCUT2D eigenvalue weighted by atomic mass is 16.2. The van der Waals surface area contributed by atoms with Gasteiger partial charge in [0.1, 0.15) is 22.8 Å². The number of hydrogen-bond donors (Lipinski definition) is 8. The molecule has 1 saturated carbocycles. The highest BCUT2D eigenvalue weighted by Gasteiger charge is 2.26. The fourth-order valence-corrected chi connectivity index (χ4v) is 11.6.